The smallest absolute Gasteiger partial charge is 0.308 e. The van der Waals surface area contributed by atoms with Gasteiger partial charge in [0.15, 0.2) is 0 Å². The topological polar surface area (TPSA) is 104 Å². The van der Waals surface area contributed by atoms with Crippen LogP contribution >= 0.6 is 0 Å². The lowest BCUT2D eigenvalue weighted by Crippen LogP contribution is -2.40. The van der Waals surface area contributed by atoms with Gasteiger partial charge in [0, 0.05) is 18.9 Å². The highest BCUT2D eigenvalue weighted by molar-refractivity contribution is 5.90. The van der Waals surface area contributed by atoms with E-state index in [0.717, 1.165) is 24.0 Å². The van der Waals surface area contributed by atoms with Crippen LogP contribution in [0.5, 0.6) is 5.75 Å². The summed E-state index contributed by atoms with van der Waals surface area (Å²) in [5.74, 6) is -2.61. The van der Waals surface area contributed by atoms with Crippen molar-refractivity contribution in [3.05, 3.63) is 29.8 Å². The van der Waals surface area contributed by atoms with E-state index in [1.54, 1.807) is 6.07 Å². The Bertz CT molecular complexity index is 568. The number of carboxylic acid groups (broad SMARTS) is 2. The summed E-state index contributed by atoms with van der Waals surface area (Å²) in [5.41, 5.74) is -0.127. The molecule has 0 unspecified atom stereocenters. The first-order valence-electron chi connectivity index (χ1n) is 7.61. The van der Waals surface area contributed by atoms with Crippen molar-refractivity contribution in [1.29, 1.82) is 0 Å². The minimum atomic E-state index is -1.36. The summed E-state index contributed by atoms with van der Waals surface area (Å²) < 4.78 is 5.56. The molecule has 7 heteroatoms. The van der Waals surface area contributed by atoms with Gasteiger partial charge in [0.25, 0.3) is 0 Å². The normalized spacial score (nSPS) is 10.3. The van der Waals surface area contributed by atoms with Crippen molar-refractivity contribution >= 4 is 17.9 Å². The summed E-state index contributed by atoms with van der Waals surface area (Å²) in [6, 6.07) is 5.81. The average Bonchev–Trinajstić information content (AvgIpc) is 2.47. The maximum Gasteiger partial charge on any atom is 0.308 e. The van der Waals surface area contributed by atoms with Gasteiger partial charge in [-0.2, -0.15) is 0 Å². The third kappa shape index (κ3) is 9.58. The number of carbonyl (C=O) groups excluding carboxylic acids is 2. The van der Waals surface area contributed by atoms with Crippen LogP contribution in [0.3, 0.4) is 0 Å². The molecule has 0 saturated carbocycles. The molecule has 1 N–H and O–H groups in total. The number of ether oxygens (including phenoxy) is 1. The van der Waals surface area contributed by atoms with Gasteiger partial charge in [-0.05, 0) is 19.1 Å². The Hall–Kier alpha value is -2.41. The molecule has 1 aromatic rings. The molecule has 0 radical (unpaired) electrons. The molecule has 0 bridgehead atoms. The highest BCUT2D eigenvalue weighted by Crippen LogP contribution is 2.16. The first kappa shape index (κ1) is 21.6. The first-order chi connectivity index (χ1) is 11.1. The van der Waals surface area contributed by atoms with Crippen LogP contribution in [0.25, 0.3) is 0 Å². The molecule has 0 heterocycles. The standard InChI is InChI=1S/C9H8O4.C8H17NO2/c1-6(10)13-8-5-3-2-4-7(8)9(11)12;1-4-9(2,3)7-5-6-8(10)11/h2-5H,1H3,(H,11,12);4-7H2,1-3H3. The Labute approximate surface area is 142 Å². The lowest BCUT2D eigenvalue weighted by Gasteiger charge is -2.27. The molecular weight excluding hydrogens is 314 g/mol. The summed E-state index contributed by atoms with van der Waals surface area (Å²) in [4.78, 5) is 31.2. The van der Waals surface area contributed by atoms with Crippen molar-refractivity contribution in [2.24, 2.45) is 0 Å². The van der Waals surface area contributed by atoms with Gasteiger partial charge in [-0.3, -0.25) is 9.59 Å². The van der Waals surface area contributed by atoms with Gasteiger partial charge >= 0.3 is 11.9 Å². The number of carboxylic acids is 2. The first-order valence-corrected chi connectivity index (χ1v) is 7.61. The number of hydrogen-bond acceptors (Lipinski definition) is 5. The second kappa shape index (κ2) is 10.4. The van der Waals surface area contributed by atoms with Gasteiger partial charge < -0.3 is 24.2 Å². The van der Waals surface area contributed by atoms with Crippen LogP contribution in [-0.4, -0.2) is 54.7 Å². The number of para-hydroxylation sites is 1. The lowest BCUT2D eigenvalue weighted by atomic mass is 10.2. The molecule has 0 fully saturated rings. The second-order valence-corrected chi connectivity index (χ2v) is 5.85. The molecule has 134 valence electrons. The zero-order valence-corrected chi connectivity index (χ0v) is 14.6. The van der Waals surface area contributed by atoms with Crippen molar-refractivity contribution in [3.63, 3.8) is 0 Å². The maximum atomic E-state index is 10.6. The molecule has 0 spiro atoms. The molecule has 0 atom stereocenters. The molecule has 0 amide bonds. The number of carbonyl (C=O) groups is 3. The van der Waals surface area contributed by atoms with Gasteiger partial charge in [-0.25, -0.2) is 0 Å². The molecule has 0 aliphatic rings. The highest BCUT2D eigenvalue weighted by atomic mass is 16.5. The van der Waals surface area contributed by atoms with Crippen LogP contribution in [0.2, 0.25) is 0 Å². The fourth-order valence-electron chi connectivity index (χ4n) is 1.70. The van der Waals surface area contributed by atoms with Crippen molar-refractivity contribution in [2.75, 3.05) is 27.2 Å². The van der Waals surface area contributed by atoms with Crippen LogP contribution in [0.15, 0.2) is 24.3 Å². The quantitative estimate of drug-likeness (QED) is 0.450. The van der Waals surface area contributed by atoms with Gasteiger partial charge in [0.2, 0.25) is 0 Å². The zero-order valence-electron chi connectivity index (χ0n) is 14.6. The predicted molar refractivity (Wildman–Crippen MR) is 86.5 cm³/mol. The fraction of sp³-hybridized carbons (Fsp3) is 0.471. The van der Waals surface area contributed by atoms with E-state index in [1.165, 1.54) is 25.1 Å². The van der Waals surface area contributed by atoms with Crippen molar-refractivity contribution < 1.29 is 33.8 Å². The Morgan fingerprint density at radius 2 is 1.79 bits per heavy atom. The van der Waals surface area contributed by atoms with Crippen LogP contribution in [-0.2, 0) is 9.59 Å². The molecule has 1 rings (SSSR count). The van der Waals surface area contributed by atoms with E-state index in [2.05, 4.69) is 25.8 Å². The summed E-state index contributed by atoms with van der Waals surface area (Å²) in [6.45, 7) is 5.31. The van der Waals surface area contributed by atoms with Crippen LogP contribution < -0.4 is 9.84 Å². The van der Waals surface area contributed by atoms with Gasteiger partial charge in [0.05, 0.1) is 39.6 Å². The predicted octanol–water partition coefficient (Wildman–Crippen LogP) is 0.923. The number of rotatable bonds is 7. The molecule has 7 nitrogen and oxygen atoms in total. The van der Waals surface area contributed by atoms with Crippen LogP contribution in [0.1, 0.15) is 37.0 Å². The van der Waals surface area contributed by atoms with E-state index >= 15 is 0 Å². The van der Waals surface area contributed by atoms with E-state index in [0.29, 0.717) is 6.42 Å². The van der Waals surface area contributed by atoms with E-state index < -0.39 is 17.9 Å². The third-order valence-corrected chi connectivity index (χ3v) is 3.37. The summed E-state index contributed by atoms with van der Waals surface area (Å²) in [6.07, 6.45) is 1.07. The number of quaternary nitrogens is 1. The zero-order chi connectivity index (χ0) is 18.8. The number of nitrogens with zero attached hydrogens (tertiary/aromatic N) is 1. The molecule has 0 aliphatic heterocycles. The molecule has 0 aliphatic carbocycles. The number of esters is 1. The Morgan fingerprint density at radius 1 is 1.21 bits per heavy atom. The van der Waals surface area contributed by atoms with E-state index in [4.69, 9.17) is 5.11 Å². The monoisotopic (exact) mass is 339 g/mol. The Morgan fingerprint density at radius 3 is 2.25 bits per heavy atom. The average molecular weight is 339 g/mol. The number of aliphatic carboxylic acids is 1. The second-order valence-electron chi connectivity index (χ2n) is 5.85. The summed E-state index contributed by atoms with van der Waals surface area (Å²) >= 11 is 0. The molecular formula is C17H25NO6. The minimum Gasteiger partial charge on any atom is -0.545 e. The molecule has 0 aromatic heterocycles. The Balaban J connectivity index is 0.000000449. The van der Waals surface area contributed by atoms with E-state index in [-0.39, 0.29) is 11.3 Å². The molecule has 24 heavy (non-hydrogen) atoms. The minimum absolute atomic E-state index is 0.00926. The van der Waals surface area contributed by atoms with Crippen LogP contribution in [0, 0.1) is 0 Å². The number of hydrogen-bond donors (Lipinski definition) is 1. The van der Waals surface area contributed by atoms with E-state index in [1.807, 2.05) is 0 Å². The fourth-order valence-corrected chi connectivity index (χ4v) is 1.70. The number of aromatic carboxylic acids is 1. The van der Waals surface area contributed by atoms with Crippen molar-refractivity contribution in [1.82, 2.24) is 0 Å². The molecule has 0 saturated heterocycles. The lowest BCUT2D eigenvalue weighted by molar-refractivity contribution is -0.888. The van der Waals surface area contributed by atoms with Gasteiger partial charge in [-0.15, -0.1) is 0 Å². The summed E-state index contributed by atoms with van der Waals surface area (Å²) in [7, 11) is 4.23. The van der Waals surface area contributed by atoms with Gasteiger partial charge in [0.1, 0.15) is 5.75 Å². The molecule has 1 aromatic carbocycles. The number of benzene rings is 1. The third-order valence-electron chi connectivity index (χ3n) is 3.37. The summed E-state index contributed by atoms with van der Waals surface area (Å²) in [5, 5.41) is 18.9. The SMILES string of the molecule is CC(=O)Oc1ccccc1C(=O)[O-].CC[N+](C)(C)CCCC(=O)O. The highest BCUT2D eigenvalue weighted by Gasteiger charge is 2.11. The maximum absolute atomic E-state index is 10.6. The van der Waals surface area contributed by atoms with Crippen molar-refractivity contribution in [3.8, 4) is 5.75 Å². The van der Waals surface area contributed by atoms with E-state index in [9.17, 15) is 19.5 Å². The van der Waals surface area contributed by atoms with Crippen molar-refractivity contribution in [2.45, 2.75) is 26.7 Å². The van der Waals surface area contributed by atoms with Gasteiger partial charge in [-0.1, -0.05) is 12.1 Å². The van der Waals surface area contributed by atoms with Crippen LogP contribution in [0.4, 0.5) is 0 Å². The largest absolute Gasteiger partial charge is 0.545 e. The Kier molecular flexibility index (Phi) is 9.34.